The van der Waals surface area contributed by atoms with E-state index in [1.54, 1.807) is 18.3 Å². The number of benzene rings is 1. The van der Waals surface area contributed by atoms with Crippen molar-refractivity contribution < 1.29 is 18.4 Å². The van der Waals surface area contributed by atoms with Gasteiger partial charge in [-0.25, -0.2) is 18.3 Å². The van der Waals surface area contributed by atoms with E-state index in [9.17, 15) is 18.4 Å². The summed E-state index contributed by atoms with van der Waals surface area (Å²) in [6, 6.07) is 5.11. The number of anilines is 1. The molecule has 2 heterocycles. The van der Waals surface area contributed by atoms with Crippen LogP contribution in [0, 0.1) is 17.6 Å². The number of hydrogen-bond donors (Lipinski definition) is 2. The largest absolute Gasteiger partial charge is 0.348 e. The highest BCUT2D eigenvalue weighted by atomic mass is 35.5. The second-order valence-electron chi connectivity index (χ2n) is 7.19. The molecule has 156 valence electrons. The molecule has 2 aromatic heterocycles. The summed E-state index contributed by atoms with van der Waals surface area (Å²) in [4.78, 5) is 29.2. The van der Waals surface area contributed by atoms with Gasteiger partial charge in [0.2, 0.25) is 5.91 Å². The molecule has 1 saturated carbocycles. The highest BCUT2D eigenvalue weighted by Crippen LogP contribution is 2.29. The maximum absolute atomic E-state index is 13.4. The van der Waals surface area contributed by atoms with Crippen molar-refractivity contribution in [2.24, 2.45) is 5.92 Å². The lowest BCUT2D eigenvalue weighted by Gasteiger charge is -2.28. The number of carbonyl (C=O) groups is 2. The molecule has 1 fully saturated rings. The van der Waals surface area contributed by atoms with E-state index in [2.05, 4.69) is 20.7 Å². The van der Waals surface area contributed by atoms with Gasteiger partial charge < -0.3 is 10.6 Å². The lowest BCUT2D eigenvalue weighted by Crippen LogP contribution is -2.40. The van der Waals surface area contributed by atoms with Gasteiger partial charge in [-0.05, 0) is 43.9 Å². The molecule has 10 heteroatoms. The van der Waals surface area contributed by atoms with Gasteiger partial charge in [-0.15, -0.1) is 0 Å². The second-order valence-corrected chi connectivity index (χ2v) is 7.60. The average molecular weight is 434 g/mol. The Morgan fingerprint density at radius 1 is 1.13 bits per heavy atom. The molecule has 0 spiro atoms. The van der Waals surface area contributed by atoms with Crippen LogP contribution in [0.2, 0.25) is 5.02 Å². The molecule has 1 aromatic carbocycles. The van der Waals surface area contributed by atoms with Crippen LogP contribution in [0.3, 0.4) is 0 Å². The van der Waals surface area contributed by atoms with Gasteiger partial charge >= 0.3 is 0 Å². The number of nitrogens with zero attached hydrogens (tertiary/aromatic N) is 3. The van der Waals surface area contributed by atoms with Crippen molar-refractivity contribution in [1.82, 2.24) is 19.9 Å². The summed E-state index contributed by atoms with van der Waals surface area (Å²) in [7, 11) is 0. The number of nitrogens with one attached hydrogen (secondary N) is 2. The Hall–Kier alpha value is -3.07. The third-order valence-electron chi connectivity index (χ3n) is 5.21. The average Bonchev–Trinajstić information content (AvgIpc) is 3.17. The van der Waals surface area contributed by atoms with Crippen LogP contribution < -0.4 is 10.6 Å². The van der Waals surface area contributed by atoms with E-state index in [-0.39, 0.29) is 34.5 Å². The van der Waals surface area contributed by atoms with E-state index < -0.39 is 11.6 Å². The molecule has 7 nitrogen and oxygen atoms in total. The molecule has 0 radical (unpaired) electrons. The van der Waals surface area contributed by atoms with Crippen LogP contribution in [0.15, 0.2) is 36.7 Å². The Kier molecular flexibility index (Phi) is 5.63. The maximum atomic E-state index is 13.4. The molecule has 4 rings (SSSR count). The van der Waals surface area contributed by atoms with Gasteiger partial charge in [0.25, 0.3) is 5.91 Å². The van der Waals surface area contributed by atoms with Crippen LogP contribution in [0.5, 0.6) is 0 Å². The first-order chi connectivity index (χ1) is 14.4. The van der Waals surface area contributed by atoms with Gasteiger partial charge in [0.05, 0.1) is 16.9 Å². The van der Waals surface area contributed by atoms with Crippen molar-refractivity contribution in [2.45, 2.75) is 31.7 Å². The molecule has 0 aliphatic heterocycles. The highest BCUT2D eigenvalue weighted by molar-refractivity contribution is 6.33. The number of hydrogen-bond acceptors (Lipinski definition) is 4. The minimum Gasteiger partial charge on any atom is -0.348 e. The highest BCUT2D eigenvalue weighted by Gasteiger charge is 2.28. The number of amides is 2. The molecule has 1 aliphatic carbocycles. The van der Waals surface area contributed by atoms with Gasteiger partial charge in [-0.2, -0.15) is 5.10 Å². The first-order valence-corrected chi connectivity index (χ1v) is 9.85. The van der Waals surface area contributed by atoms with E-state index in [1.165, 1.54) is 10.7 Å². The molecule has 3 aromatic rings. The summed E-state index contributed by atoms with van der Waals surface area (Å²) in [5.74, 6) is -3.04. The standard InChI is InChI=1S/C20H18ClF2N5O2/c21-13-8-14(22)15(23)9-16(13)27-19(29)11-3-5-12(6-4-11)26-20(30)17-10-24-18-2-1-7-25-28(17)18/h1-2,7-12H,3-6H2,(H,26,30)(H,27,29)/t11-,12-. The fraction of sp³-hybridized carbons (Fsp3) is 0.300. The van der Waals surface area contributed by atoms with Crippen molar-refractivity contribution in [1.29, 1.82) is 0 Å². The number of aromatic nitrogens is 3. The molecule has 0 unspecified atom stereocenters. The van der Waals surface area contributed by atoms with Crippen LogP contribution >= 0.6 is 11.6 Å². The third-order valence-corrected chi connectivity index (χ3v) is 5.52. The summed E-state index contributed by atoms with van der Waals surface area (Å²) < 4.78 is 28.0. The van der Waals surface area contributed by atoms with Crippen molar-refractivity contribution >= 4 is 34.7 Å². The number of carbonyl (C=O) groups excluding carboxylic acids is 2. The topological polar surface area (TPSA) is 88.4 Å². The van der Waals surface area contributed by atoms with E-state index in [1.807, 2.05) is 0 Å². The Morgan fingerprint density at radius 2 is 1.87 bits per heavy atom. The predicted octanol–water partition coefficient (Wildman–Crippen LogP) is 3.59. The molecular formula is C20H18ClF2N5O2. The van der Waals surface area contributed by atoms with Crippen LogP contribution in [-0.4, -0.2) is 32.5 Å². The molecule has 0 saturated heterocycles. The van der Waals surface area contributed by atoms with Gasteiger partial charge in [0.1, 0.15) is 5.69 Å². The summed E-state index contributed by atoms with van der Waals surface area (Å²) in [5, 5.41) is 9.59. The first-order valence-electron chi connectivity index (χ1n) is 9.47. The van der Waals surface area contributed by atoms with Gasteiger partial charge in [0, 0.05) is 24.2 Å². The summed E-state index contributed by atoms with van der Waals surface area (Å²) in [6.07, 6.45) is 5.36. The van der Waals surface area contributed by atoms with Crippen molar-refractivity contribution in [3.05, 3.63) is 59.0 Å². The monoisotopic (exact) mass is 433 g/mol. The first kappa shape index (κ1) is 20.2. The normalized spacial score (nSPS) is 18.9. The van der Waals surface area contributed by atoms with Crippen molar-refractivity contribution in [3.63, 3.8) is 0 Å². The summed E-state index contributed by atoms with van der Waals surface area (Å²) >= 11 is 5.87. The molecule has 30 heavy (non-hydrogen) atoms. The molecular weight excluding hydrogens is 416 g/mol. The number of fused-ring (bicyclic) bond motifs is 1. The van der Waals surface area contributed by atoms with Crippen LogP contribution in [-0.2, 0) is 4.79 Å². The zero-order chi connectivity index (χ0) is 21.3. The minimum atomic E-state index is -1.08. The Bertz CT molecular complexity index is 1110. The summed E-state index contributed by atoms with van der Waals surface area (Å²) in [5.41, 5.74) is 0.966. The lowest BCUT2D eigenvalue weighted by molar-refractivity contribution is -0.120. The number of halogens is 3. The Balaban J connectivity index is 1.33. The molecule has 0 atom stereocenters. The zero-order valence-electron chi connectivity index (χ0n) is 15.7. The Labute approximate surface area is 175 Å². The van der Waals surface area contributed by atoms with Crippen LogP contribution in [0.4, 0.5) is 14.5 Å². The third kappa shape index (κ3) is 4.11. The van der Waals surface area contributed by atoms with Gasteiger partial charge in [-0.3, -0.25) is 9.59 Å². The quantitative estimate of drug-likeness (QED) is 0.615. The predicted molar refractivity (Wildman–Crippen MR) is 106 cm³/mol. The van der Waals surface area contributed by atoms with Crippen LogP contribution in [0.1, 0.15) is 36.2 Å². The van der Waals surface area contributed by atoms with E-state index in [0.29, 0.717) is 37.0 Å². The minimum absolute atomic E-state index is 0.0381. The second kappa shape index (κ2) is 8.35. The lowest BCUT2D eigenvalue weighted by atomic mass is 9.85. The fourth-order valence-electron chi connectivity index (χ4n) is 3.60. The van der Waals surface area contributed by atoms with E-state index in [0.717, 1.165) is 12.1 Å². The zero-order valence-corrected chi connectivity index (χ0v) is 16.5. The van der Waals surface area contributed by atoms with Crippen LogP contribution in [0.25, 0.3) is 5.65 Å². The summed E-state index contributed by atoms with van der Waals surface area (Å²) in [6.45, 7) is 0. The molecule has 2 N–H and O–H groups in total. The van der Waals surface area contributed by atoms with Crippen molar-refractivity contribution in [2.75, 3.05) is 5.32 Å². The number of imidazole rings is 1. The van der Waals surface area contributed by atoms with Gasteiger partial charge in [-0.1, -0.05) is 11.6 Å². The fourth-order valence-corrected chi connectivity index (χ4v) is 3.79. The van der Waals surface area contributed by atoms with Crippen molar-refractivity contribution in [3.8, 4) is 0 Å². The smallest absolute Gasteiger partial charge is 0.271 e. The molecule has 2 amide bonds. The molecule has 0 bridgehead atoms. The molecule has 1 aliphatic rings. The van der Waals surface area contributed by atoms with E-state index in [4.69, 9.17) is 11.6 Å². The maximum Gasteiger partial charge on any atom is 0.271 e. The Morgan fingerprint density at radius 3 is 2.63 bits per heavy atom. The number of rotatable bonds is 4. The van der Waals surface area contributed by atoms with E-state index >= 15 is 0 Å². The van der Waals surface area contributed by atoms with Gasteiger partial charge in [0.15, 0.2) is 17.3 Å². The SMILES string of the molecule is O=C(N[C@H]1CC[C@H](C(=O)Nc2cc(F)c(F)cc2Cl)CC1)c1cnc2cccnn12.